The molecule has 2 aliphatic rings. The number of esters is 1. The molecule has 2 aliphatic heterocycles. The summed E-state index contributed by atoms with van der Waals surface area (Å²) in [6.07, 6.45) is -1.23. The number of ether oxygens (including phenoxy) is 2. The number of thiophene rings is 1. The molecule has 0 bridgehead atoms. The lowest BCUT2D eigenvalue weighted by Gasteiger charge is -2.50. The van der Waals surface area contributed by atoms with Crippen molar-refractivity contribution in [3.8, 4) is 0 Å². The second-order valence-electron chi connectivity index (χ2n) is 10.7. The highest BCUT2D eigenvalue weighted by atomic mass is 32.2. The molecule has 3 amide bonds. The number of nitrogens with zero attached hydrogens (tertiary/aromatic N) is 3. The zero-order chi connectivity index (χ0) is 32.4. The zero-order valence-electron chi connectivity index (χ0n) is 23.8. The van der Waals surface area contributed by atoms with Gasteiger partial charge in [0, 0.05) is 22.8 Å². The smallest absolute Gasteiger partial charge is 0.425 e. The third kappa shape index (κ3) is 7.74. The molecule has 1 aromatic heterocycles. The van der Waals surface area contributed by atoms with E-state index in [4.69, 9.17) is 14.6 Å². The van der Waals surface area contributed by atoms with Gasteiger partial charge < -0.3 is 14.8 Å². The summed E-state index contributed by atoms with van der Waals surface area (Å²) in [5.41, 5.74) is -1.10. The van der Waals surface area contributed by atoms with Crippen LogP contribution in [0.3, 0.4) is 0 Å². The van der Waals surface area contributed by atoms with Gasteiger partial charge in [-0.15, -0.1) is 23.1 Å². The van der Waals surface area contributed by atoms with Gasteiger partial charge in [-0.3, -0.25) is 24.6 Å². The number of β-lactam (4-membered cyclic amide) rings is 1. The van der Waals surface area contributed by atoms with E-state index in [0.717, 1.165) is 21.5 Å². The molecule has 15 nitrogen and oxygen atoms in total. The topological polar surface area (TPSA) is 209 Å². The number of nitrogens with one attached hydrogen (secondary N) is 1. The van der Waals surface area contributed by atoms with Crippen molar-refractivity contribution in [2.45, 2.75) is 50.8 Å². The summed E-state index contributed by atoms with van der Waals surface area (Å²) in [6.45, 7) is 3.53. The van der Waals surface area contributed by atoms with Gasteiger partial charge in [-0.25, -0.2) is 14.7 Å². The lowest BCUT2D eigenvalue weighted by Crippen LogP contribution is -2.71. The first kappa shape index (κ1) is 32.9. The number of nitro benzene ring substituents is 1. The maximum Gasteiger partial charge on any atom is 0.425 e. The minimum atomic E-state index is -4.68. The van der Waals surface area contributed by atoms with Crippen molar-refractivity contribution in [1.29, 1.82) is 0 Å². The van der Waals surface area contributed by atoms with E-state index in [2.05, 4.69) is 5.32 Å². The van der Waals surface area contributed by atoms with Crippen LogP contribution in [0.5, 0.6) is 0 Å². The number of hydrogen-bond donors (Lipinski definition) is 2. The third-order valence-corrected chi connectivity index (χ3v) is 9.34. The molecule has 44 heavy (non-hydrogen) atoms. The Kier molecular flexibility index (Phi) is 9.67. The predicted molar refractivity (Wildman–Crippen MR) is 159 cm³/mol. The molecular formula is C26H29N5O10S3. The second-order valence-corrected chi connectivity index (χ2v) is 14.3. The van der Waals surface area contributed by atoms with E-state index in [1.165, 1.54) is 56.4 Å². The predicted octanol–water partition coefficient (Wildman–Crippen LogP) is 2.04. The van der Waals surface area contributed by atoms with E-state index in [-0.39, 0.29) is 40.0 Å². The highest BCUT2D eigenvalue weighted by molar-refractivity contribution is 8.00. The van der Waals surface area contributed by atoms with Gasteiger partial charge in [0.1, 0.15) is 29.3 Å². The Hall–Kier alpha value is -4.00. The number of thioether (sulfide) groups is 1. The molecule has 3 heterocycles. The van der Waals surface area contributed by atoms with Crippen molar-refractivity contribution in [3.05, 3.63) is 73.6 Å². The molecule has 4 rings (SSSR count). The summed E-state index contributed by atoms with van der Waals surface area (Å²) in [5.74, 6) is -2.07. The standard InChI is InChI=1S/C26H29N5O10S3/c1-26(2,3)41-25(35)29(44(27,38)39)12-16-14-43-23-20(28-19(32)11-18-5-4-10-42-18)22(33)30(23)21(16)24(34)40-13-15-6-8-17(9-7-15)31(36)37/h4-10,20,23H,11-14H2,1-3H3,(H,28,32)(H2,27,38,39)/t20?,23-/m0/s1. The summed E-state index contributed by atoms with van der Waals surface area (Å²) in [5, 5.41) is 20.0. The van der Waals surface area contributed by atoms with Crippen LogP contribution in [0, 0.1) is 10.1 Å². The molecule has 18 heteroatoms. The number of rotatable bonds is 10. The number of amides is 3. The van der Waals surface area contributed by atoms with Crippen LogP contribution >= 0.6 is 23.1 Å². The van der Waals surface area contributed by atoms with E-state index in [1.807, 2.05) is 5.38 Å². The van der Waals surface area contributed by atoms with Crippen LogP contribution in [0.25, 0.3) is 0 Å². The van der Waals surface area contributed by atoms with E-state index in [9.17, 15) is 37.7 Å². The molecule has 2 aromatic rings. The summed E-state index contributed by atoms with van der Waals surface area (Å²) in [6, 6.07) is 7.85. The van der Waals surface area contributed by atoms with Gasteiger partial charge in [-0.1, -0.05) is 6.07 Å². The van der Waals surface area contributed by atoms with Crippen LogP contribution in [0.2, 0.25) is 0 Å². The SMILES string of the molecule is CC(C)(C)OC(=O)N(CC1=C(C(=O)OCc2ccc([N+](=O)[O-])cc2)N2C(=O)C(NC(=O)Cc3cccs3)[C@@H]2SC1)S(N)(=O)=O. The minimum absolute atomic E-state index is 0.0253. The Bertz CT molecular complexity index is 1600. The number of fused-ring (bicyclic) bond motifs is 1. The van der Waals surface area contributed by atoms with E-state index >= 15 is 0 Å². The number of hydrogen-bond acceptors (Lipinski definition) is 12. The summed E-state index contributed by atoms with van der Waals surface area (Å²) in [7, 11) is -4.68. The van der Waals surface area contributed by atoms with Gasteiger partial charge in [0.2, 0.25) is 5.91 Å². The molecule has 0 spiro atoms. The van der Waals surface area contributed by atoms with Crippen molar-refractivity contribution in [2.75, 3.05) is 12.3 Å². The number of nitro groups is 1. The van der Waals surface area contributed by atoms with Gasteiger partial charge in [0.05, 0.1) is 17.9 Å². The summed E-state index contributed by atoms with van der Waals surface area (Å²) in [4.78, 5) is 64.4. The Morgan fingerprint density at radius 1 is 1.20 bits per heavy atom. The van der Waals surface area contributed by atoms with Gasteiger partial charge in [0.15, 0.2) is 0 Å². The number of carbonyl (C=O) groups is 4. The first-order valence-electron chi connectivity index (χ1n) is 13.0. The maximum absolute atomic E-state index is 13.5. The van der Waals surface area contributed by atoms with Crippen molar-refractivity contribution in [2.24, 2.45) is 5.14 Å². The Labute approximate surface area is 260 Å². The highest BCUT2D eigenvalue weighted by Crippen LogP contribution is 2.41. The Balaban J connectivity index is 1.60. The molecule has 0 radical (unpaired) electrons. The fraction of sp³-hybridized carbons (Fsp3) is 0.385. The Morgan fingerprint density at radius 3 is 2.45 bits per heavy atom. The van der Waals surface area contributed by atoms with Crippen molar-refractivity contribution < 1.29 is 42.0 Å². The van der Waals surface area contributed by atoms with Crippen LogP contribution in [-0.4, -0.2) is 75.7 Å². The molecule has 1 unspecified atom stereocenters. The average molecular weight is 668 g/mol. The number of carbonyl (C=O) groups excluding carboxylic acids is 4. The molecular weight excluding hydrogens is 639 g/mol. The molecule has 3 N–H and O–H groups in total. The molecule has 2 atom stereocenters. The first-order valence-corrected chi connectivity index (χ1v) is 16.4. The fourth-order valence-electron chi connectivity index (χ4n) is 4.26. The molecule has 1 saturated heterocycles. The molecule has 0 saturated carbocycles. The normalized spacial score (nSPS) is 18.2. The van der Waals surface area contributed by atoms with E-state index < -0.39 is 62.6 Å². The molecule has 1 fully saturated rings. The largest absolute Gasteiger partial charge is 0.456 e. The number of nitrogens with two attached hydrogens (primary N) is 1. The van der Waals surface area contributed by atoms with Gasteiger partial charge in [-0.2, -0.15) is 12.7 Å². The fourth-order valence-corrected chi connectivity index (χ4v) is 6.88. The van der Waals surface area contributed by atoms with Crippen molar-refractivity contribution >= 4 is 62.9 Å². The summed E-state index contributed by atoms with van der Waals surface area (Å²) < 4.78 is 35.7. The van der Waals surface area contributed by atoms with E-state index in [1.54, 1.807) is 12.1 Å². The van der Waals surface area contributed by atoms with Crippen LogP contribution < -0.4 is 10.5 Å². The first-order chi connectivity index (χ1) is 20.5. The van der Waals surface area contributed by atoms with Crippen LogP contribution in [0.15, 0.2) is 53.0 Å². The zero-order valence-corrected chi connectivity index (χ0v) is 26.2. The minimum Gasteiger partial charge on any atom is -0.456 e. The van der Waals surface area contributed by atoms with Crippen LogP contribution in [0.1, 0.15) is 31.2 Å². The van der Waals surface area contributed by atoms with Crippen LogP contribution in [0.4, 0.5) is 10.5 Å². The van der Waals surface area contributed by atoms with Crippen LogP contribution in [-0.2, 0) is 47.1 Å². The summed E-state index contributed by atoms with van der Waals surface area (Å²) >= 11 is 2.54. The molecule has 236 valence electrons. The van der Waals surface area contributed by atoms with Gasteiger partial charge >= 0.3 is 22.3 Å². The highest BCUT2D eigenvalue weighted by Gasteiger charge is 2.54. The molecule has 1 aromatic carbocycles. The van der Waals surface area contributed by atoms with Gasteiger partial charge in [-0.05, 0) is 55.5 Å². The van der Waals surface area contributed by atoms with Crippen molar-refractivity contribution in [1.82, 2.24) is 14.5 Å². The van der Waals surface area contributed by atoms with E-state index in [0.29, 0.717) is 5.56 Å². The lowest BCUT2D eigenvalue weighted by atomic mass is 10.0. The quantitative estimate of drug-likeness (QED) is 0.162. The van der Waals surface area contributed by atoms with Gasteiger partial charge in [0.25, 0.3) is 11.6 Å². The average Bonchev–Trinajstić information content (AvgIpc) is 3.44. The lowest BCUT2D eigenvalue weighted by molar-refractivity contribution is -0.384. The third-order valence-electron chi connectivity index (χ3n) is 6.23. The monoisotopic (exact) mass is 667 g/mol. The second kappa shape index (κ2) is 12.9. The Morgan fingerprint density at radius 2 is 1.89 bits per heavy atom. The van der Waals surface area contributed by atoms with Crippen molar-refractivity contribution in [3.63, 3.8) is 0 Å². The maximum atomic E-state index is 13.5. The number of non-ortho nitro benzene ring substituents is 1. The number of benzene rings is 1. The molecule has 0 aliphatic carbocycles.